The maximum Gasteiger partial charge on any atom is 0.419 e. The lowest BCUT2D eigenvalue weighted by Crippen LogP contribution is -2.52. The molecule has 0 aromatic heterocycles. The van der Waals surface area contributed by atoms with Crippen LogP contribution in [0.2, 0.25) is 0 Å². The maximum atomic E-state index is 13.7. The van der Waals surface area contributed by atoms with E-state index in [9.17, 15) is 23.4 Å². The maximum absolute atomic E-state index is 13.7. The van der Waals surface area contributed by atoms with Crippen molar-refractivity contribution in [3.63, 3.8) is 0 Å². The zero-order valence-corrected chi connectivity index (χ0v) is 19.1. The summed E-state index contributed by atoms with van der Waals surface area (Å²) in [6.07, 6.45) is -2.56. The molecule has 178 valence electrons. The first-order valence-electron chi connectivity index (χ1n) is 11.0. The quantitative estimate of drug-likeness (QED) is 0.460. The average Bonchev–Trinajstić information content (AvgIpc) is 2.77. The topological polar surface area (TPSA) is 52.9 Å². The van der Waals surface area contributed by atoms with Crippen molar-refractivity contribution in [3.8, 4) is 5.75 Å². The second kappa shape index (κ2) is 11.7. The van der Waals surface area contributed by atoms with Crippen LogP contribution in [-0.4, -0.2) is 54.1 Å². The number of hydrogen-bond donors (Lipinski definition) is 2. The lowest BCUT2D eigenvalue weighted by molar-refractivity contribution is -0.139. The van der Waals surface area contributed by atoms with Gasteiger partial charge >= 0.3 is 6.18 Å². The third kappa shape index (κ3) is 6.95. The predicted octanol–water partition coefficient (Wildman–Crippen LogP) is 4.63. The van der Waals surface area contributed by atoms with Crippen LogP contribution in [0.3, 0.4) is 0 Å². The largest absolute Gasteiger partial charge is 0.493 e. The van der Waals surface area contributed by atoms with Gasteiger partial charge in [0.15, 0.2) is 0 Å². The summed E-state index contributed by atoms with van der Waals surface area (Å²) >= 11 is 0. The Labute approximate surface area is 188 Å². The molecule has 2 rings (SSSR count). The summed E-state index contributed by atoms with van der Waals surface area (Å²) in [7, 11) is 1.78. The molecule has 4 nitrogen and oxygen atoms in total. The third-order valence-corrected chi connectivity index (χ3v) is 6.05. The van der Waals surface area contributed by atoms with Crippen LogP contribution in [0.5, 0.6) is 5.75 Å². The Bertz CT molecular complexity index is 851. The van der Waals surface area contributed by atoms with Crippen LogP contribution >= 0.6 is 0 Å². The Hall–Kier alpha value is -2.09. The highest BCUT2D eigenvalue weighted by molar-refractivity contribution is 5.39. The number of halogens is 3. The van der Waals surface area contributed by atoms with Crippen LogP contribution in [0.1, 0.15) is 42.0 Å². The number of aliphatic hydroxyl groups excluding tert-OH is 2. The van der Waals surface area contributed by atoms with Gasteiger partial charge in [-0.15, -0.1) is 0 Å². The second-order valence-corrected chi connectivity index (χ2v) is 8.32. The van der Waals surface area contributed by atoms with Gasteiger partial charge in [-0.1, -0.05) is 42.8 Å². The molecule has 0 aliphatic heterocycles. The van der Waals surface area contributed by atoms with E-state index in [-0.39, 0.29) is 25.6 Å². The van der Waals surface area contributed by atoms with Gasteiger partial charge in [-0.2, -0.15) is 13.2 Å². The van der Waals surface area contributed by atoms with Crippen LogP contribution in [-0.2, 0) is 19.0 Å². The molecule has 0 aliphatic rings. The number of benzene rings is 2. The van der Waals surface area contributed by atoms with Crippen molar-refractivity contribution in [2.45, 2.75) is 51.2 Å². The highest BCUT2D eigenvalue weighted by Gasteiger charge is 2.36. The summed E-state index contributed by atoms with van der Waals surface area (Å²) in [5, 5.41) is 19.6. The highest BCUT2D eigenvalue weighted by atomic mass is 19.4. The van der Waals surface area contributed by atoms with E-state index in [2.05, 4.69) is 6.07 Å². The first-order chi connectivity index (χ1) is 15.1. The lowest BCUT2D eigenvalue weighted by atomic mass is 9.90. The molecule has 2 N–H and O–H groups in total. The summed E-state index contributed by atoms with van der Waals surface area (Å²) < 4.78 is 46.5. The number of aliphatic hydroxyl groups is 2. The van der Waals surface area contributed by atoms with Gasteiger partial charge in [-0.25, -0.2) is 0 Å². The van der Waals surface area contributed by atoms with Gasteiger partial charge in [0, 0.05) is 0 Å². The average molecular weight is 454 g/mol. The highest BCUT2D eigenvalue weighted by Crippen LogP contribution is 2.37. The van der Waals surface area contributed by atoms with Gasteiger partial charge in [-0.3, -0.25) is 4.90 Å². The number of likely N-dealkylation sites (N-methyl/N-ethyl adjacent to an activating group) is 1. The Balaban J connectivity index is 2.07. The number of alkyl halides is 3. The Morgan fingerprint density at radius 1 is 0.969 bits per heavy atom. The monoisotopic (exact) mass is 453 g/mol. The van der Waals surface area contributed by atoms with Gasteiger partial charge in [0.1, 0.15) is 5.75 Å². The van der Waals surface area contributed by atoms with Crippen molar-refractivity contribution in [1.29, 1.82) is 0 Å². The van der Waals surface area contributed by atoms with Gasteiger partial charge in [0.05, 0.1) is 30.9 Å². The fraction of sp³-hybridized carbons (Fsp3) is 0.520. The first-order valence-corrected chi connectivity index (χ1v) is 11.0. The molecule has 0 heterocycles. The fourth-order valence-corrected chi connectivity index (χ4v) is 3.76. The summed E-state index contributed by atoms with van der Waals surface area (Å²) in [6, 6.07) is 12.1. The van der Waals surface area contributed by atoms with Crippen molar-refractivity contribution < 1.29 is 28.1 Å². The Morgan fingerprint density at radius 3 is 2.25 bits per heavy atom. The fourth-order valence-electron chi connectivity index (χ4n) is 3.76. The number of nitrogens with zero attached hydrogens (tertiary/aromatic N) is 1. The van der Waals surface area contributed by atoms with Crippen LogP contribution in [0.15, 0.2) is 42.5 Å². The summed E-state index contributed by atoms with van der Waals surface area (Å²) in [6.45, 7) is 4.14. The van der Waals surface area contributed by atoms with Gasteiger partial charge in [-0.05, 0) is 69.5 Å². The molecule has 0 bridgehead atoms. The Kier molecular flexibility index (Phi) is 9.55. The van der Waals surface area contributed by atoms with E-state index in [1.54, 1.807) is 13.1 Å². The van der Waals surface area contributed by atoms with E-state index < -0.39 is 17.3 Å². The van der Waals surface area contributed by atoms with Crippen molar-refractivity contribution in [2.75, 3.05) is 33.4 Å². The van der Waals surface area contributed by atoms with Crippen LogP contribution in [0.4, 0.5) is 13.2 Å². The molecular formula is C25H34F3NO3. The van der Waals surface area contributed by atoms with E-state index in [1.165, 1.54) is 6.07 Å². The van der Waals surface area contributed by atoms with Crippen molar-refractivity contribution in [3.05, 3.63) is 64.7 Å². The molecule has 0 amide bonds. The second-order valence-electron chi connectivity index (χ2n) is 8.32. The molecule has 0 saturated carbocycles. The van der Waals surface area contributed by atoms with E-state index >= 15 is 0 Å². The first kappa shape index (κ1) is 26.2. The van der Waals surface area contributed by atoms with E-state index in [0.29, 0.717) is 31.4 Å². The minimum absolute atomic E-state index is 0.174. The molecule has 0 fully saturated rings. The number of aryl methyl sites for hydroxylation is 3. The minimum atomic E-state index is -4.53. The normalized spacial score (nSPS) is 12.4. The molecule has 0 saturated heterocycles. The van der Waals surface area contributed by atoms with Crippen molar-refractivity contribution in [2.24, 2.45) is 0 Å². The summed E-state index contributed by atoms with van der Waals surface area (Å²) in [5.41, 5.74) is 1.09. The molecule has 0 atom stereocenters. The van der Waals surface area contributed by atoms with E-state index in [0.717, 1.165) is 23.6 Å². The zero-order valence-electron chi connectivity index (χ0n) is 19.1. The minimum Gasteiger partial charge on any atom is -0.493 e. The van der Waals surface area contributed by atoms with Crippen LogP contribution in [0, 0.1) is 6.92 Å². The number of ether oxygens (including phenoxy) is 1. The summed E-state index contributed by atoms with van der Waals surface area (Å²) in [5.74, 6) is -0.174. The third-order valence-electron chi connectivity index (χ3n) is 6.05. The molecule has 0 aliphatic carbocycles. The summed E-state index contributed by atoms with van der Waals surface area (Å²) in [4.78, 5) is 1.82. The molecule has 0 unspecified atom stereocenters. The molecule has 7 heteroatoms. The van der Waals surface area contributed by atoms with E-state index in [1.807, 2.05) is 36.9 Å². The van der Waals surface area contributed by atoms with Gasteiger partial charge < -0.3 is 14.9 Å². The SMILES string of the molecule is CCN(C)C(CO)(CO)CCc1ccc(OCCCc2cccc(C)c2)c(C(F)(F)F)c1. The number of hydrogen-bond acceptors (Lipinski definition) is 4. The molecule has 0 radical (unpaired) electrons. The van der Waals surface area contributed by atoms with Gasteiger partial charge in [0.25, 0.3) is 0 Å². The molecular weight excluding hydrogens is 419 g/mol. The van der Waals surface area contributed by atoms with Crippen molar-refractivity contribution >= 4 is 0 Å². The van der Waals surface area contributed by atoms with Crippen LogP contribution < -0.4 is 4.74 Å². The smallest absolute Gasteiger partial charge is 0.419 e. The number of rotatable bonds is 12. The lowest BCUT2D eigenvalue weighted by Gasteiger charge is -2.38. The Morgan fingerprint density at radius 2 is 1.66 bits per heavy atom. The van der Waals surface area contributed by atoms with E-state index in [4.69, 9.17) is 4.74 Å². The molecule has 0 spiro atoms. The zero-order chi connectivity index (χ0) is 23.8. The standard InChI is InChI=1S/C25H34F3NO3/c1-4-29(3)24(17-30,18-31)13-12-21-10-11-23(22(16-21)25(26,27)28)32-14-6-9-20-8-5-7-19(2)15-20/h5,7-8,10-11,15-16,30-31H,4,6,9,12-14,17-18H2,1-3H3. The molecule has 2 aromatic carbocycles. The predicted molar refractivity (Wildman–Crippen MR) is 120 cm³/mol. The molecule has 2 aromatic rings. The van der Waals surface area contributed by atoms with Crippen molar-refractivity contribution in [1.82, 2.24) is 4.90 Å². The molecule has 32 heavy (non-hydrogen) atoms. The van der Waals surface area contributed by atoms with Crippen LogP contribution in [0.25, 0.3) is 0 Å². The van der Waals surface area contributed by atoms with Gasteiger partial charge in [0.2, 0.25) is 0 Å².